The third-order valence-electron chi connectivity index (χ3n) is 5.75. The van der Waals surface area contributed by atoms with Gasteiger partial charge in [0, 0.05) is 31.1 Å². The van der Waals surface area contributed by atoms with Crippen LogP contribution in [0, 0.1) is 11.6 Å². The van der Waals surface area contributed by atoms with Crippen molar-refractivity contribution in [2.24, 2.45) is 0 Å². The maximum atomic E-state index is 13.4. The molecule has 1 aliphatic rings. The minimum Gasteiger partial charge on any atom is -0.311 e. The molecule has 4 heteroatoms. The maximum absolute atomic E-state index is 13.4. The second-order valence-corrected chi connectivity index (χ2v) is 7.72. The topological polar surface area (TPSA) is 24.1 Å². The Bertz CT molecular complexity index is 867. The van der Waals surface area contributed by atoms with Gasteiger partial charge in [0.25, 0.3) is 0 Å². The normalized spacial score (nSPS) is 19.4. The van der Waals surface area contributed by atoms with Crippen LogP contribution in [0.4, 0.5) is 8.78 Å². The van der Waals surface area contributed by atoms with E-state index in [1.807, 2.05) is 0 Å². The highest BCUT2D eigenvalue weighted by Gasteiger charge is 2.29. The average Bonchev–Trinajstić information content (AvgIpc) is 2.77. The molecule has 0 spiro atoms. The van der Waals surface area contributed by atoms with Crippen molar-refractivity contribution in [3.63, 3.8) is 0 Å². The Labute approximate surface area is 171 Å². The van der Waals surface area contributed by atoms with Crippen LogP contribution in [0.2, 0.25) is 0 Å². The minimum atomic E-state index is -0.802. The molecule has 1 aliphatic heterocycles. The predicted molar refractivity (Wildman–Crippen MR) is 113 cm³/mol. The molecule has 1 fully saturated rings. The zero-order chi connectivity index (χ0) is 20.1. The average molecular weight is 392 g/mol. The molecule has 0 radical (unpaired) electrons. The van der Waals surface area contributed by atoms with Crippen LogP contribution in [-0.2, 0) is 6.54 Å². The van der Waals surface area contributed by atoms with E-state index >= 15 is 0 Å². The fraction of sp³-hybridized carbons (Fsp3) is 0.280. The smallest absolute Gasteiger partial charge is 0.159 e. The van der Waals surface area contributed by atoms with Crippen LogP contribution < -0.4 is 10.6 Å². The Kier molecular flexibility index (Phi) is 6.33. The third kappa shape index (κ3) is 4.89. The van der Waals surface area contributed by atoms with E-state index in [0.29, 0.717) is 24.5 Å². The van der Waals surface area contributed by atoms with Crippen molar-refractivity contribution in [3.8, 4) is 0 Å². The lowest BCUT2D eigenvalue weighted by Gasteiger charge is -2.36. The molecular weight excluding hydrogens is 366 g/mol. The van der Waals surface area contributed by atoms with Crippen molar-refractivity contribution in [1.29, 1.82) is 0 Å². The van der Waals surface area contributed by atoms with E-state index in [4.69, 9.17) is 0 Å². The summed E-state index contributed by atoms with van der Waals surface area (Å²) >= 11 is 0. The third-order valence-corrected chi connectivity index (χ3v) is 5.75. The number of piperidine rings is 1. The molecule has 2 nitrogen and oxygen atoms in total. The molecule has 0 saturated carbocycles. The molecule has 2 unspecified atom stereocenters. The summed E-state index contributed by atoms with van der Waals surface area (Å²) in [5, 5.41) is 7.20. The summed E-state index contributed by atoms with van der Waals surface area (Å²) in [5.41, 5.74) is 3.41. The fourth-order valence-electron chi connectivity index (χ4n) is 4.23. The van der Waals surface area contributed by atoms with Crippen molar-refractivity contribution in [3.05, 3.63) is 107 Å². The Morgan fingerprint density at radius 3 is 2.03 bits per heavy atom. The molecule has 4 rings (SSSR count). The van der Waals surface area contributed by atoms with Gasteiger partial charge in [-0.2, -0.15) is 0 Å². The lowest BCUT2D eigenvalue weighted by molar-refractivity contribution is 0.307. The van der Waals surface area contributed by atoms with Crippen LogP contribution in [0.15, 0.2) is 78.9 Å². The van der Waals surface area contributed by atoms with Crippen LogP contribution >= 0.6 is 0 Å². The van der Waals surface area contributed by atoms with Gasteiger partial charge in [-0.25, -0.2) is 8.78 Å². The Hall–Kier alpha value is -2.56. The van der Waals surface area contributed by atoms with Gasteiger partial charge in [-0.15, -0.1) is 0 Å². The van der Waals surface area contributed by atoms with E-state index in [1.165, 1.54) is 23.3 Å². The highest BCUT2D eigenvalue weighted by Crippen LogP contribution is 2.31. The van der Waals surface area contributed by atoms with Gasteiger partial charge in [0.15, 0.2) is 11.6 Å². The van der Waals surface area contributed by atoms with Gasteiger partial charge in [-0.1, -0.05) is 66.7 Å². The summed E-state index contributed by atoms with van der Waals surface area (Å²) in [5.74, 6) is -1.28. The summed E-state index contributed by atoms with van der Waals surface area (Å²) < 4.78 is 26.5. The van der Waals surface area contributed by atoms with E-state index in [-0.39, 0.29) is 0 Å². The van der Waals surface area contributed by atoms with E-state index < -0.39 is 11.6 Å². The molecule has 0 bridgehead atoms. The lowest BCUT2D eigenvalue weighted by atomic mass is 9.81. The second kappa shape index (κ2) is 9.29. The zero-order valence-corrected chi connectivity index (χ0v) is 16.3. The summed E-state index contributed by atoms with van der Waals surface area (Å²) in [7, 11) is 0. The molecule has 1 saturated heterocycles. The van der Waals surface area contributed by atoms with Crippen LogP contribution in [0.1, 0.15) is 35.4 Å². The number of nitrogens with one attached hydrogen (secondary N) is 2. The molecule has 29 heavy (non-hydrogen) atoms. The van der Waals surface area contributed by atoms with E-state index in [1.54, 1.807) is 6.07 Å². The molecule has 1 heterocycles. The number of hydrogen-bond donors (Lipinski definition) is 2. The molecule has 0 aliphatic carbocycles. The van der Waals surface area contributed by atoms with Gasteiger partial charge in [-0.3, -0.25) is 0 Å². The van der Waals surface area contributed by atoms with Crippen molar-refractivity contribution < 1.29 is 8.78 Å². The first-order chi connectivity index (χ1) is 14.2. The second-order valence-electron chi connectivity index (χ2n) is 7.72. The van der Waals surface area contributed by atoms with Gasteiger partial charge in [0.2, 0.25) is 0 Å². The van der Waals surface area contributed by atoms with E-state index in [2.05, 4.69) is 71.3 Å². The van der Waals surface area contributed by atoms with Gasteiger partial charge in [-0.05, 0) is 41.7 Å². The monoisotopic (exact) mass is 392 g/mol. The van der Waals surface area contributed by atoms with E-state index in [9.17, 15) is 8.78 Å². The van der Waals surface area contributed by atoms with Crippen LogP contribution in [0.3, 0.4) is 0 Å². The maximum Gasteiger partial charge on any atom is 0.159 e. The Morgan fingerprint density at radius 1 is 0.828 bits per heavy atom. The van der Waals surface area contributed by atoms with Gasteiger partial charge < -0.3 is 10.6 Å². The SMILES string of the molecule is Fc1ccc(CNC2CCC(C(c3ccccc3)c3ccccc3)NC2)cc1F. The van der Waals surface area contributed by atoms with Gasteiger partial charge >= 0.3 is 0 Å². The Morgan fingerprint density at radius 2 is 1.48 bits per heavy atom. The fourth-order valence-corrected chi connectivity index (χ4v) is 4.23. The van der Waals surface area contributed by atoms with Crippen molar-refractivity contribution in [2.45, 2.75) is 37.4 Å². The summed E-state index contributed by atoms with van der Waals surface area (Å²) in [6, 6.07) is 26.1. The number of rotatable bonds is 6. The molecule has 0 aromatic heterocycles. The van der Waals surface area contributed by atoms with Crippen molar-refractivity contribution in [1.82, 2.24) is 10.6 Å². The van der Waals surface area contributed by atoms with Crippen LogP contribution in [0.25, 0.3) is 0 Å². The molecule has 150 valence electrons. The first kappa shape index (κ1) is 19.7. The molecule has 3 aromatic rings. The molecule has 0 amide bonds. The molecule has 2 N–H and O–H groups in total. The minimum absolute atomic E-state index is 0.310. The van der Waals surface area contributed by atoms with Crippen molar-refractivity contribution >= 4 is 0 Å². The van der Waals surface area contributed by atoms with Gasteiger partial charge in [0.1, 0.15) is 0 Å². The van der Waals surface area contributed by atoms with Crippen LogP contribution in [0.5, 0.6) is 0 Å². The largest absolute Gasteiger partial charge is 0.311 e. The van der Waals surface area contributed by atoms with Gasteiger partial charge in [0.05, 0.1) is 0 Å². The molecular formula is C25H26F2N2. The summed E-state index contributed by atoms with van der Waals surface area (Å²) in [6.07, 6.45) is 2.08. The number of hydrogen-bond acceptors (Lipinski definition) is 2. The number of halogens is 2. The molecule has 3 aromatic carbocycles. The van der Waals surface area contributed by atoms with E-state index in [0.717, 1.165) is 24.9 Å². The summed E-state index contributed by atoms with van der Waals surface area (Å²) in [4.78, 5) is 0. The highest BCUT2D eigenvalue weighted by atomic mass is 19.2. The quantitative estimate of drug-likeness (QED) is 0.616. The lowest BCUT2D eigenvalue weighted by Crippen LogP contribution is -2.49. The number of benzene rings is 3. The van der Waals surface area contributed by atoms with Crippen LogP contribution in [-0.4, -0.2) is 18.6 Å². The summed E-state index contributed by atoms with van der Waals surface area (Å²) in [6.45, 7) is 1.39. The Balaban J connectivity index is 1.39. The molecule has 2 atom stereocenters. The first-order valence-electron chi connectivity index (χ1n) is 10.2. The first-order valence-corrected chi connectivity index (χ1v) is 10.2. The highest BCUT2D eigenvalue weighted by molar-refractivity contribution is 5.34. The predicted octanol–water partition coefficient (Wildman–Crippen LogP) is 5.01. The standard InChI is InChI=1S/C25H26F2N2/c26-22-13-11-18(15-23(22)27)16-28-21-12-14-24(29-17-21)25(19-7-3-1-4-8-19)20-9-5-2-6-10-20/h1-11,13,15,21,24-25,28-29H,12,14,16-17H2. The van der Waals surface area contributed by atoms with Crippen molar-refractivity contribution in [2.75, 3.05) is 6.54 Å². The zero-order valence-electron chi connectivity index (χ0n) is 16.3.